The third kappa shape index (κ3) is 2.47. The minimum Gasteiger partial charge on any atom is -0.494 e. The van der Waals surface area contributed by atoms with Gasteiger partial charge >= 0.3 is 5.97 Å². The molecule has 2 unspecified atom stereocenters. The maximum absolute atomic E-state index is 13.2. The third-order valence-corrected chi connectivity index (χ3v) is 2.07. The predicted octanol–water partition coefficient (Wildman–Crippen LogP) is 0.313. The number of methoxy groups -OCH3 is 1. The summed E-state index contributed by atoms with van der Waals surface area (Å²) in [4.78, 5) is 10.4. The summed E-state index contributed by atoms with van der Waals surface area (Å²) in [6.45, 7) is 0. The molecule has 1 aromatic rings. The lowest BCUT2D eigenvalue weighted by atomic mass is 10.0. The number of aliphatic hydroxyl groups is 2. The van der Waals surface area contributed by atoms with E-state index in [0.717, 1.165) is 6.07 Å². The Balaban J connectivity index is 2.97. The molecular formula is C10H11FO5. The summed E-state index contributed by atoms with van der Waals surface area (Å²) in [5.74, 6) is -2.35. The average Bonchev–Trinajstić information content (AvgIpc) is 2.26. The quantitative estimate of drug-likeness (QED) is 0.693. The molecule has 2 atom stereocenters. The normalized spacial score (nSPS) is 14.2. The SMILES string of the molecule is COc1ccc(C(O)C(O)C(=O)O)cc1F. The van der Waals surface area contributed by atoms with E-state index in [0.29, 0.717) is 0 Å². The Bertz CT molecular complexity index is 393. The van der Waals surface area contributed by atoms with Gasteiger partial charge in [-0.1, -0.05) is 6.07 Å². The number of carboxylic acids is 1. The van der Waals surface area contributed by atoms with Crippen molar-refractivity contribution in [3.05, 3.63) is 29.6 Å². The molecule has 1 rings (SSSR count). The minimum absolute atomic E-state index is 0.0271. The Morgan fingerprint density at radius 3 is 2.50 bits per heavy atom. The molecule has 0 radical (unpaired) electrons. The second-order valence-electron chi connectivity index (χ2n) is 3.12. The van der Waals surface area contributed by atoms with Crippen LogP contribution >= 0.6 is 0 Å². The fraction of sp³-hybridized carbons (Fsp3) is 0.300. The number of halogens is 1. The van der Waals surface area contributed by atoms with Crippen molar-refractivity contribution in [2.75, 3.05) is 7.11 Å². The van der Waals surface area contributed by atoms with Crippen molar-refractivity contribution in [1.29, 1.82) is 0 Å². The zero-order valence-electron chi connectivity index (χ0n) is 8.42. The van der Waals surface area contributed by atoms with Gasteiger partial charge in [0.25, 0.3) is 0 Å². The summed E-state index contributed by atoms with van der Waals surface area (Å²) in [5, 5.41) is 26.9. The van der Waals surface area contributed by atoms with E-state index in [2.05, 4.69) is 4.74 Å². The highest BCUT2D eigenvalue weighted by Crippen LogP contribution is 2.23. The second-order valence-corrected chi connectivity index (χ2v) is 3.12. The number of hydrogen-bond donors (Lipinski definition) is 3. The first kappa shape index (κ1) is 12.4. The third-order valence-electron chi connectivity index (χ3n) is 2.07. The molecule has 0 bridgehead atoms. The van der Waals surface area contributed by atoms with Gasteiger partial charge in [0.2, 0.25) is 0 Å². The van der Waals surface area contributed by atoms with Crippen molar-refractivity contribution in [2.24, 2.45) is 0 Å². The van der Waals surface area contributed by atoms with Crippen molar-refractivity contribution in [2.45, 2.75) is 12.2 Å². The Morgan fingerprint density at radius 2 is 2.06 bits per heavy atom. The van der Waals surface area contributed by atoms with Gasteiger partial charge in [-0.25, -0.2) is 9.18 Å². The van der Waals surface area contributed by atoms with Crippen molar-refractivity contribution in [1.82, 2.24) is 0 Å². The second kappa shape index (κ2) is 4.91. The zero-order chi connectivity index (χ0) is 12.3. The molecule has 0 amide bonds. The summed E-state index contributed by atoms with van der Waals surface area (Å²) >= 11 is 0. The van der Waals surface area contributed by atoms with Crippen LogP contribution in [0.2, 0.25) is 0 Å². The molecule has 1 aromatic carbocycles. The predicted molar refractivity (Wildman–Crippen MR) is 51.6 cm³/mol. The van der Waals surface area contributed by atoms with Crippen LogP contribution in [0.1, 0.15) is 11.7 Å². The van der Waals surface area contributed by atoms with E-state index in [4.69, 9.17) is 10.2 Å². The lowest BCUT2D eigenvalue weighted by molar-refractivity contribution is -0.153. The van der Waals surface area contributed by atoms with Crippen LogP contribution in [0, 0.1) is 5.82 Å². The van der Waals surface area contributed by atoms with Gasteiger partial charge in [0.1, 0.15) is 6.10 Å². The number of benzene rings is 1. The highest BCUT2D eigenvalue weighted by Gasteiger charge is 2.25. The molecule has 0 spiro atoms. The van der Waals surface area contributed by atoms with E-state index in [-0.39, 0.29) is 11.3 Å². The average molecular weight is 230 g/mol. The molecule has 6 heteroatoms. The fourth-order valence-corrected chi connectivity index (χ4v) is 1.18. The largest absolute Gasteiger partial charge is 0.494 e. The van der Waals surface area contributed by atoms with E-state index in [1.54, 1.807) is 0 Å². The maximum atomic E-state index is 13.2. The van der Waals surface area contributed by atoms with E-state index in [9.17, 15) is 14.3 Å². The molecule has 0 heterocycles. The number of carboxylic acid groups (broad SMARTS) is 1. The minimum atomic E-state index is -1.99. The molecule has 5 nitrogen and oxygen atoms in total. The Hall–Kier alpha value is -1.66. The van der Waals surface area contributed by atoms with Crippen molar-refractivity contribution in [3.63, 3.8) is 0 Å². The first-order valence-electron chi connectivity index (χ1n) is 4.39. The molecule has 88 valence electrons. The molecule has 0 fully saturated rings. The number of rotatable bonds is 4. The number of hydrogen-bond acceptors (Lipinski definition) is 4. The van der Waals surface area contributed by atoms with Gasteiger partial charge in [0.05, 0.1) is 7.11 Å². The molecule has 0 saturated carbocycles. The summed E-state index contributed by atoms with van der Waals surface area (Å²) < 4.78 is 17.9. The van der Waals surface area contributed by atoms with Crippen LogP contribution < -0.4 is 4.74 Å². The molecule has 0 aliphatic rings. The number of aliphatic hydroxyl groups excluding tert-OH is 2. The van der Waals surface area contributed by atoms with Crippen LogP contribution in [-0.4, -0.2) is 34.5 Å². The van der Waals surface area contributed by atoms with E-state index in [1.807, 2.05) is 0 Å². The number of aliphatic carboxylic acids is 1. The molecule has 3 N–H and O–H groups in total. The van der Waals surface area contributed by atoms with Crippen LogP contribution in [-0.2, 0) is 4.79 Å². The van der Waals surface area contributed by atoms with Gasteiger partial charge in [-0.15, -0.1) is 0 Å². The van der Waals surface area contributed by atoms with Gasteiger partial charge in [-0.3, -0.25) is 0 Å². The van der Waals surface area contributed by atoms with Gasteiger partial charge in [-0.05, 0) is 17.7 Å². The van der Waals surface area contributed by atoms with Crippen LogP contribution in [0.15, 0.2) is 18.2 Å². The Kier molecular flexibility index (Phi) is 3.81. The molecular weight excluding hydrogens is 219 g/mol. The monoisotopic (exact) mass is 230 g/mol. The highest BCUT2D eigenvalue weighted by atomic mass is 19.1. The highest BCUT2D eigenvalue weighted by molar-refractivity contribution is 5.73. The van der Waals surface area contributed by atoms with Crippen LogP contribution in [0.25, 0.3) is 0 Å². The first-order valence-corrected chi connectivity index (χ1v) is 4.39. The molecule has 0 aliphatic heterocycles. The fourth-order valence-electron chi connectivity index (χ4n) is 1.18. The summed E-state index contributed by atoms with van der Waals surface area (Å²) in [6, 6.07) is 3.43. The molecule has 0 aromatic heterocycles. The van der Waals surface area contributed by atoms with Crippen LogP contribution in [0.3, 0.4) is 0 Å². The topological polar surface area (TPSA) is 87.0 Å². The zero-order valence-corrected chi connectivity index (χ0v) is 8.42. The van der Waals surface area contributed by atoms with Gasteiger partial charge in [0.15, 0.2) is 17.7 Å². The Morgan fingerprint density at radius 1 is 1.44 bits per heavy atom. The number of carbonyl (C=O) groups is 1. The smallest absolute Gasteiger partial charge is 0.335 e. The lowest BCUT2D eigenvalue weighted by Crippen LogP contribution is -2.27. The molecule has 0 aliphatic carbocycles. The first-order chi connectivity index (χ1) is 7.47. The lowest BCUT2D eigenvalue weighted by Gasteiger charge is -2.14. The number of ether oxygens (including phenoxy) is 1. The van der Waals surface area contributed by atoms with E-state index >= 15 is 0 Å². The van der Waals surface area contributed by atoms with E-state index in [1.165, 1.54) is 19.2 Å². The standard InChI is InChI=1S/C10H11FO5/c1-16-7-3-2-5(4-6(7)11)8(12)9(13)10(14)15/h2-4,8-9,12-13H,1H3,(H,14,15). The summed E-state index contributed by atoms with van der Waals surface area (Å²) in [7, 11) is 1.28. The van der Waals surface area contributed by atoms with Crippen LogP contribution in [0.4, 0.5) is 4.39 Å². The van der Waals surface area contributed by atoms with E-state index < -0.39 is 24.0 Å². The van der Waals surface area contributed by atoms with Crippen molar-refractivity contribution < 1.29 is 29.2 Å². The molecule has 0 saturated heterocycles. The van der Waals surface area contributed by atoms with Crippen molar-refractivity contribution in [3.8, 4) is 5.75 Å². The summed E-state index contributed by atoms with van der Waals surface area (Å²) in [6.07, 6.45) is -3.68. The summed E-state index contributed by atoms with van der Waals surface area (Å²) in [5.41, 5.74) is -0.0341. The van der Waals surface area contributed by atoms with Gasteiger partial charge in [0, 0.05) is 0 Å². The molecule has 16 heavy (non-hydrogen) atoms. The Labute approximate surface area is 90.7 Å². The maximum Gasteiger partial charge on any atom is 0.335 e. The van der Waals surface area contributed by atoms with Gasteiger partial charge < -0.3 is 20.1 Å². The van der Waals surface area contributed by atoms with Gasteiger partial charge in [-0.2, -0.15) is 0 Å². The van der Waals surface area contributed by atoms with Crippen LogP contribution in [0.5, 0.6) is 5.75 Å². The van der Waals surface area contributed by atoms with Crippen molar-refractivity contribution >= 4 is 5.97 Å².